The van der Waals surface area contributed by atoms with Gasteiger partial charge in [0, 0.05) is 12.6 Å². The highest BCUT2D eigenvalue weighted by molar-refractivity contribution is 4.80. The molecule has 2 fully saturated rings. The summed E-state index contributed by atoms with van der Waals surface area (Å²) >= 11 is 0. The molecule has 3 unspecified atom stereocenters. The molecule has 0 bridgehead atoms. The molecule has 2 nitrogen and oxygen atoms in total. The molecule has 3 atom stereocenters. The fraction of sp³-hybridized carbons (Fsp3) is 1.00. The van der Waals surface area contributed by atoms with Gasteiger partial charge in [-0.05, 0) is 57.4 Å². The van der Waals surface area contributed by atoms with Gasteiger partial charge in [0.05, 0.1) is 6.10 Å². The van der Waals surface area contributed by atoms with E-state index >= 15 is 0 Å². The highest BCUT2D eigenvalue weighted by Gasteiger charge is 2.22. The average molecular weight is 225 g/mol. The maximum atomic E-state index is 5.74. The molecule has 1 N–H and O–H groups in total. The molecular weight excluding hydrogens is 198 g/mol. The molecule has 1 saturated heterocycles. The Hall–Kier alpha value is -0.0800. The zero-order valence-corrected chi connectivity index (χ0v) is 10.7. The van der Waals surface area contributed by atoms with E-state index in [1.807, 2.05) is 0 Å². The second kappa shape index (κ2) is 6.61. The van der Waals surface area contributed by atoms with Gasteiger partial charge < -0.3 is 10.1 Å². The summed E-state index contributed by atoms with van der Waals surface area (Å²) in [4.78, 5) is 0. The van der Waals surface area contributed by atoms with E-state index in [9.17, 15) is 0 Å². The summed E-state index contributed by atoms with van der Waals surface area (Å²) in [6.45, 7) is 4.57. The summed E-state index contributed by atoms with van der Waals surface area (Å²) in [7, 11) is 0. The molecule has 0 amide bonds. The molecule has 94 valence electrons. The lowest BCUT2D eigenvalue weighted by Gasteiger charge is -2.23. The Bertz CT molecular complexity index is 189. The summed E-state index contributed by atoms with van der Waals surface area (Å²) < 4.78 is 5.74. The van der Waals surface area contributed by atoms with Gasteiger partial charge in [-0.3, -0.25) is 0 Å². The van der Waals surface area contributed by atoms with Crippen LogP contribution in [0, 0.1) is 5.92 Å². The first-order chi connectivity index (χ1) is 7.86. The molecule has 1 saturated carbocycles. The van der Waals surface area contributed by atoms with Gasteiger partial charge in [0.15, 0.2) is 0 Å². The minimum absolute atomic E-state index is 0.566. The molecule has 1 aliphatic heterocycles. The molecule has 0 aromatic carbocycles. The highest BCUT2D eigenvalue weighted by atomic mass is 16.5. The third-order valence-electron chi connectivity index (χ3n) is 4.24. The highest BCUT2D eigenvalue weighted by Crippen LogP contribution is 2.24. The SMILES string of the molecule is CC1CCCC1NCCCC1CCCCO1. The molecule has 0 aromatic heterocycles. The third kappa shape index (κ3) is 3.74. The van der Waals surface area contributed by atoms with Crippen LogP contribution < -0.4 is 5.32 Å². The number of nitrogens with one attached hydrogen (secondary N) is 1. The van der Waals surface area contributed by atoms with Crippen molar-refractivity contribution in [3.63, 3.8) is 0 Å². The van der Waals surface area contributed by atoms with E-state index in [1.54, 1.807) is 0 Å². The van der Waals surface area contributed by atoms with E-state index in [0.29, 0.717) is 6.10 Å². The Morgan fingerprint density at radius 2 is 2.06 bits per heavy atom. The summed E-state index contributed by atoms with van der Waals surface area (Å²) in [5.41, 5.74) is 0. The molecule has 0 radical (unpaired) electrons. The minimum atomic E-state index is 0.566. The zero-order chi connectivity index (χ0) is 11.2. The van der Waals surface area contributed by atoms with E-state index < -0.39 is 0 Å². The first-order valence-electron chi connectivity index (χ1n) is 7.21. The van der Waals surface area contributed by atoms with Gasteiger partial charge in [0.1, 0.15) is 0 Å². The van der Waals surface area contributed by atoms with Crippen LogP contribution >= 0.6 is 0 Å². The number of ether oxygens (including phenoxy) is 1. The Labute approximate surface area is 100 Å². The van der Waals surface area contributed by atoms with Crippen molar-refractivity contribution in [3.8, 4) is 0 Å². The van der Waals surface area contributed by atoms with Crippen LogP contribution in [0.3, 0.4) is 0 Å². The Balaban J connectivity index is 1.51. The molecular formula is C14H27NO. The van der Waals surface area contributed by atoms with Crippen LogP contribution in [0.15, 0.2) is 0 Å². The summed E-state index contributed by atoms with van der Waals surface area (Å²) in [5, 5.41) is 3.72. The van der Waals surface area contributed by atoms with Gasteiger partial charge in [-0.15, -0.1) is 0 Å². The van der Waals surface area contributed by atoms with Crippen LogP contribution in [0.5, 0.6) is 0 Å². The molecule has 0 aromatic rings. The van der Waals surface area contributed by atoms with Crippen LogP contribution in [0.25, 0.3) is 0 Å². The van der Waals surface area contributed by atoms with E-state index in [2.05, 4.69) is 12.2 Å². The first kappa shape index (κ1) is 12.4. The standard InChI is InChI=1S/C14H27NO/c1-12-6-4-9-14(12)15-10-5-8-13-7-2-3-11-16-13/h12-15H,2-11H2,1H3. The summed E-state index contributed by atoms with van der Waals surface area (Å²) in [5.74, 6) is 0.894. The van der Waals surface area contributed by atoms with Crippen molar-refractivity contribution in [1.82, 2.24) is 5.32 Å². The van der Waals surface area contributed by atoms with E-state index in [0.717, 1.165) is 18.6 Å². The molecule has 2 aliphatic rings. The number of hydrogen-bond acceptors (Lipinski definition) is 2. The number of hydrogen-bond donors (Lipinski definition) is 1. The molecule has 0 spiro atoms. The van der Waals surface area contributed by atoms with Crippen molar-refractivity contribution in [2.24, 2.45) is 5.92 Å². The van der Waals surface area contributed by atoms with Crippen LogP contribution in [-0.2, 0) is 4.74 Å². The van der Waals surface area contributed by atoms with Gasteiger partial charge in [0.25, 0.3) is 0 Å². The Kier molecular flexibility index (Phi) is 5.11. The van der Waals surface area contributed by atoms with Crippen molar-refractivity contribution in [1.29, 1.82) is 0 Å². The van der Waals surface area contributed by atoms with Gasteiger partial charge in [-0.2, -0.15) is 0 Å². The monoisotopic (exact) mass is 225 g/mol. The zero-order valence-electron chi connectivity index (χ0n) is 10.7. The van der Waals surface area contributed by atoms with E-state index in [4.69, 9.17) is 4.74 Å². The van der Waals surface area contributed by atoms with Crippen LogP contribution in [-0.4, -0.2) is 25.3 Å². The second-order valence-corrected chi connectivity index (χ2v) is 5.60. The lowest BCUT2D eigenvalue weighted by Crippen LogP contribution is -2.32. The van der Waals surface area contributed by atoms with E-state index in [-0.39, 0.29) is 0 Å². The van der Waals surface area contributed by atoms with Gasteiger partial charge in [0.2, 0.25) is 0 Å². The lowest BCUT2D eigenvalue weighted by molar-refractivity contribution is 0.0101. The first-order valence-corrected chi connectivity index (χ1v) is 7.21. The van der Waals surface area contributed by atoms with Crippen molar-refractivity contribution in [3.05, 3.63) is 0 Å². The average Bonchev–Trinajstić information content (AvgIpc) is 2.72. The van der Waals surface area contributed by atoms with Crippen molar-refractivity contribution in [2.45, 2.75) is 70.4 Å². The molecule has 1 heterocycles. The van der Waals surface area contributed by atoms with Crippen molar-refractivity contribution < 1.29 is 4.74 Å². The quantitative estimate of drug-likeness (QED) is 0.726. The van der Waals surface area contributed by atoms with E-state index in [1.165, 1.54) is 57.9 Å². The topological polar surface area (TPSA) is 21.3 Å². The predicted molar refractivity (Wildman–Crippen MR) is 67.6 cm³/mol. The van der Waals surface area contributed by atoms with Crippen LogP contribution in [0.1, 0.15) is 58.3 Å². The fourth-order valence-corrected chi connectivity index (χ4v) is 3.10. The molecule has 1 aliphatic carbocycles. The van der Waals surface area contributed by atoms with Crippen LogP contribution in [0.2, 0.25) is 0 Å². The van der Waals surface area contributed by atoms with Crippen molar-refractivity contribution >= 4 is 0 Å². The second-order valence-electron chi connectivity index (χ2n) is 5.60. The Morgan fingerprint density at radius 1 is 1.12 bits per heavy atom. The third-order valence-corrected chi connectivity index (χ3v) is 4.24. The fourth-order valence-electron chi connectivity index (χ4n) is 3.10. The minimum Gasteiger partial charge on any atom is -0.378 e. The van der Waals surface area contributed by atoms with Crippen molar-refractivity contribution in [2.75, 3.05) is 13.2 Å². The number of rotatable bonds is 5. The molecule has 2 heteroatoms. The van der Waals surface area contributed by atoms with Gasteiger partial charge in [-0.1, -0.05) is 13.3 Å². The smallest absolute Gasteiger partial charge is 0.0575 e. The molecule has 2 rings (SSSR count). The molecule has 16 heavy (non-hydrogen) atoms. The van der Waals surface area contributed by atoms with Gasteiger partial charge >= 0.3 is 0 Å². The summed E-state index contributed by atoms with van der Waals surface area (Å²) in [6.07, 6.45) is 11.3. The Morgan fingerprint density at radius 3 is 2.75 bits per heavy atom. The largest absolute Gasteiger partial charge is 0.378 e. The van der Waals surface area contributed by atoms with Crippen LogP contribution in [0.4, 0.5) is 0 Å². The van der Waals surface area contributed by atoms with Gasteiger partial charge in [-0.25, -0.2) is 0 Å². The maximum absolute atomic E-state index is 5.74. The normalized spacial score (nSPS) is 35.4. The lowest BCUT2D eigenvalue weighted by atomic mass is 10.0. The maximum Gasteiger partial charge on any atom is 0.0575 e. The predicted octanol–water partition coefficient (Wildman–Crippen LogP) is 3.11. The summed E-state index contributed by atoms with van der Waals surface area (Å²) in [6, 6.07) is 0.798.